The van der Waals surface area contributed by atoms with Gasteiger partial charge in [-0.2, -0.15) is 0 Å². The highest BCUT2D eigenvalue weighted by Crippen LogP contribution is 2.36. The van der Waals surface area contributed by atoms with E-state index in [-0.39, 0.29) is 21.2 Å². The summed E-state index contributed by atoms with van der Waals surface area (Å²) in [5, 5.41) is 3.13. The van der Waals surface area contributed by atoms with Gasteiger partial charge in [0.1, 0.15) is 11.5 Å². The molecule has 0 bridgehead atoms. The maximum Gasteiger partial charge on any atom is 0.261 e. The Hall–Kier alpha value is -2.94. The first-order valence-electron chi connectivity index (χ1n) is 8.85. The van der Waals surface area contributed by atoms with E-state index in [1.54, 1.807) is 18.2 Å². The lowest BCUT2D eigenvalue weighted by Gasteiger charge is -2.14. The molecule has 2 N–H and O–H groups in total. The average molecular weight is 481 g/mol. The van der Waals surface area contributed by atoms with Gasteiger partial charge < -0.3 is 14.8 Å². The quantitative estimate of drug-likeness (QED) is 0.492. The third kappa shape index (κ3) is 5.22. The Morgan fingerprint density at radius 1 is 0.871 bits per heavy atom. The number of carbonyl (C=O) groups excluding carboxylic acids is 1. The predicted octanol–water partition coefficient (Wildman–Crippen LogP) is 5.06. The third-order valence-electron chi connectivity index (χ3n) is 4.24. The van der Waals surface area contributed by atoms with Gasteiger partial charge in [0.15, 0.2) is 0 Å². The van der Waals surface area contributed by atoms with Crippen LogP contribution in [0, 0.1) is 0 Å². The summed E-state index contributed by atoms with van der Waals surface area (Å²) in [6, 6.07) is 15.1. The van der Waals surface area contributed by atoms with Gasteiger partial charge in [0, 0.05) is 17.8 Å². The summed E-state index contributed by atoms with van der Waals surface area (Å²) < 4.78 is 38.0. The Bertz CT molecular complexity index is 1220. The zero-order valence-corrected chi connectivity index (χ0v) is 18.8. The number of rotatable bonds is 7. The first kappa shape index (κ1) is 22.7. The van der Waals surface area contributed by atoms with E-state index in [1.165, 1.54) is 56.7 Å². The highest BCUT2D eigenvalue weighted by Gasteiger charge is 2.18. The Morgan fingerprint density at radius 2 is 1.55 bits per heavy atom. The molecule has 0 aliphatic carbocycles. The van der Waals surface area contributed by atoms with E-state index in [2.05, 4.69) is 10.0 Å². The van der Waals surface area contributed by atoms with Crippen molar-refractivity contribution in [2.24, 2.45) is 0 Å². The van der Waals surface area contributed by atoms with Crippen LogP contribution in [0.3, 0.4) is 0 Å². The second-order valence-electron chi connectivity index (χ2n) is 6.25. The topological polar surface area (TPSA) is 93.7 Å². The van der Waals surface area contributed by atoms with E-state index >= 15 is 0 Å². The van der Waals surface area contributed by atoms with Gasteiger partial charge >= 0.3 is 0 Å². The molecule has 1 amide bonds. The lowest BCUT2D eigenvalue weighted by atomic mass is 10.1. The second kappa shape index (κ2) is 9.47. The molecule has 0 radical (unpaired) electrons. The van der Waals surface area contributed by atoms with Crippen LogP contribution in [-0.4, -0.2) is 28.5 Å². The Kier molecular flexibility index (Phi) is 6.94. The molecule has 0 aliphatic heterocycles. The molecule has 3 aromatic carbocycles. The van der Waals surface area contributed by atoms with Crippen LogP contribution in [0.1, 0.15) is 10.4 Å². The summed E-state index contributed by atoms with van der Waals surface area (Å²) >= 11 is 12.3. The van der Waals surface area contributed by atoms with Gasteiger partial charge in [-0.25, -0.2) is 8.42 Å². The molecule has 10 heteroatoms. The van der Waals surface area contributed by atoms with E-state index in [0.29, 0.717) is 22.2 Å². The van der Waals surface area contributed by atoms with Crippen molar-refractivity contribution < 1.29 is 22.7 Å². The lowest BCUT2D eigenvalue weighted by molar-refractivity contribution is 0.102. The second-order valence-corrected chi connectivity index (χ2v) is 8.75. The Morgan fingerprint density at radius 3 is 2.19 bits per heavy atom. The largest absolute Gasteiger partial charge is 0.495 e. The minimum Gasteiger partial charge on any atom is -0.495 e. The molecule has 0 aromatic heterocycles. The number of anilines is 2. The maximum absolute atomic E-state index is 12.9. The molecule has 0 unspecified atom stereocenters. The highest BCUT2D eigenvalue weighted by molar-refractivity contribution is 7.92. The zero-order chi connectivity index (χ0) is 22.6. The van der Waals surface area contributed by atoms with Crippen molar-refractivity contribution in [3.8, 4) is 11.5 Å². The van der Waals surface area contributed by atoms with Crippen molar-refractivity contribution in [2.75, 3.05) is 24.3 Å². The van der Waals surface area contributed by atoms with Gasteiger partial charge in [-0.05, 0) is 30.3 Å². The van der Waals surface area contributed by atoms with Crippen molar-refractivity contribution in [3.05, 3.63) is 76.3 Å². The molecule has 0 heterocycles. The Balaban J connectivity index is 1.89. The van der Waals surface area contributed by atoms with E-state index in [1.807, 2.05) is 0 Å². The van der Waals surface area contributed by atoms with Gasteiger partial charge in [-0.3, -0.25) is 9.52 Å². The van der Waals surface area contributed by atoms with Crippen molar-refractivity contribution in [3.63, 3.8) is 0 Å². The molecule has 0 fully saturated rings. The number of benzene rings is 3. The summed E-state index contributed by atoms with van der Waals surface area (Å²) in [5.41, 5.74) is 0.546. The van der Waals surface area contributed by atoms with Gasteiger partial charge in [-0.1, -0.05) is 41.4 Å². The molecular weight excluding hydrogens is 463 g/mol. The van der Waals surface area contributed by atoms with Crippen LogP contribution < -0.4 is 19.5 Å². The monoisotopic (exact) mass is 480 g/mol. The van der Waals surface area contributed by atoms with E-state index in [0.717, 1.165) is 0 Å². The fourth-order valence-electron chi connectivity index (χ4n) is 2.72. The summed E-state index contributed by atoms with van der Waals surface area (Å²) in [6.45, 7) is 0. The van der Waals surface area contributed by atoms with Crippen LogP contribution >= 0.6 is 23.2 Å². The minimum absolute atomic E-state index is 0.0610. The maximum atomic E-state index is 12.9. The number of nitrogens with one attached hydrogen (secondary N) is 2. The summed E-state index contributed by atoms with van der Waals surface area (Å²) in [5.74, 6) is 0.0814. The van der Waals surface area contributed by atoms with Crippen LogP contribution in [0.5, 0.6) is 11.5 Å². The first-order valence-corrected chi connectivity index (χ1v) is 11.1. The smallest absolute Gasteiger partial charge is 0.261 e. The fourth-order valence-corrected chi connectivity index (χ4v) is 4.23. The molecule has 0 saturated carbocycles. The van der Waals surface area contributed by atoms with Crippen LogP contribution in [0.15, 0.2) is 65.6 Å². The highest BCUT2D eigenvalue weighted by atomic mass is 35.5. The van der Waals surface area contributed by atoms with Crippen LogP contribution in [0.4, 0.5) is 11.4 Å². The Labute approximate surface area is 189 Å². The van der Waals surface area contributed by atoms with Crippen molar-refractivity contribution in [2.45, 2.75) is 4.90 Å². The molecule has 0 atom stereocenters. The standard InChI is InChI=1S/C21H18Cl2N2O5S/c1-29-19-12-18(20(30-2)11-17(19)23)24-21(26)15-10-13(8-9-16(15)22)25-31(27,28)14-6-4-3-5-7-14/h3-12,25H,1-2H3,(H,24,26). The summed E-state index contributed by atoms with van der Waals surface area (Å²) in [4.78, 5) is 13.0. The van der Waals surface area contributed by atoms with Crippen LogP contribution in [-0.2, 0) is 10.0 Å². The van der Waals surface area contributed by atoms with Crippen molar-refractivity contribution in [1.29, 1.82) is 0 Å². The summed E-state index contributed by atoms with van der Waals surface area (Å²) in [6.07, 6.45) is 0. The molecule has 7 nitrogen and oxygen atoms in total. The fraction of sp³-hybridized carbons (Fsp3) is 0.0952. The summed E-state index contributed by atoms with van der Waals surface area (Å²) in [7, 11) is -0.955. The van der Waals surface area contributed by atoms with Crippen molar-refractivity contribution >= 4 is 50.5 Å². The molecule has 0 saturated heterocycles. The van der Waals surface area contributed by atoms with Crippen molar-refractivity contribution in [1.82, 2.24) is 0 Å². The third-order valence-corrected chi connectivity index (χ3v) is 6.26. The lowest BCUT2D eigenvalue weighted by Crippen LogP contribution is -2.16. The number of hydrogen-bond acceptors (Lipinski definition) is 5. The zero-order valence-electron chi connectivity index (χ0n) is 16.5. The number of sulfonamides is 1. The molecule has 3 aromatic rings. The van der Waals surface area contributed by atoms with Crippen LogP contribution in [0.25, 0.3) is 0 Å². The van der Waals surface area contributed by atoms with E-state index in [4.69, 9.17) is 32.7 Å². The first-order chi connectivity index (χ1) is 14.7. The van der Waals surface area contributed by atoms with Gasteiger partial charge in [0.05, 0.1) is 40.4 Å². The molecule has 0 aliphatic rings. The number of carbonyl (C=O) groups is 1. The molecule has 31 heavy (non-hydrogen) atoms. The average Bonchev–Trinajstić information content (AvgIpc) is 2.76. The van der Waals surface area contributed by atoms with E-state index in [9.17, 15) is 13.2 Å². The van der Waals surface area contributed by atoms with Gasteiger partial charge in [0.2, 0.25) is 0 Å². The molecular formula is C21H18Cl2N2O5S. The van der Waals surface area contributed by atoms with Crippen LogP contribution in [0.2, 0.25) is 10.0 Å². The van der Waals surface area contributed by atoms with Gasteiger partial charge in [-0.15, -0.1) is 0 Å². The predicted molar refractivity (Wildman–Crippen MR) is 121 cm³/mol. The number of ether oxygens (including phenoxy) is 2. The number of methoxy groups -OCH3 is 2. The minimum atomic E-state index is -3.83. The SMILES string of the molecule is COc1cc(NC(=O)c2cc(NS(=O)(=O)c3ccccc3)ccc2Cl)c(OC)cc1Cl. The number of hydrogen-bond donors (Lipinski definition) is 2. The molecule has 3 rings (SSSR count). The van der Waals surface area contributed by atoms with E-state index < -0.39 is 15.9 Å². The molecule has 162 valence electrons. The number of halogens is 2. The normalized spacial score (nSPS) is 11.0. The number of amides is 1. The van der Waals surface area contributed by atoms with Gasteiger partial charge in [0.25, 0.3) is 15.9 Å². The molecule has 0 spiro atoms.